The number of nitrogens with two attached hydrogens (primary N) is 1. The molecule has 1 saturated heterocycles. The fraction of sp³-hybridized carbons (Fsp3) is 0.562. The highest BCUT2D eigenvalue weighted by Gasteiger charge is 2.28. The number of amides is 1. The second kappa shape index (κ2) is 9.17. The minimum absolute atomic E-state index is 0. The van der Waals surface area contributed by atoms with Gasteiger partial charge in [0.05, 0.1) is 12.6 Å². The lowest BCUT2D eigenvalue weighted by Gasteiger charge is -2.37. The van der Waals surface area contributed by atoms with E-state index >= 15 is 0 Å². The van der Waals surface area contributed by atoms with E-state index in [2.05, 4.69) is 10.2 Å². The quantitative estimate of drug-likeness (QED) is 0.855. The Morgan fingerprint density at radius 3 is 2.87 bits per heavy atom. The van der Waals surface area contributed by atoms with Crippen LogP contribution in [0.15, 0.2) is 18.2 Å². The largest absolute Gasteiger partial charge is 0.381 e. The lowest BCUT2D eigenvalue weighted by molar-refractivity contribution is -0.118. The van der Waals surface area contributed by atoms with Crippen LogP contribution in [0.5, 0.6) is 0 Å². The highest BCUT2D eigenvalue weighted by atomic mass is 35.5. The Morgan fingerprint density at radius 1 is 1.52 bits per heavy atom. The fourth-order valence-electron chi connectivity index (χ4n) is 2.79. The van der Waals surface area contributed by atoms with E-state index in [9.17, 15) is 9.18 Å². The van der Waals surface area contributed by atoms with E-state index in [-0.39, 0.29) is 42.8 Å². The number of piperidine rings is 1. The van der Waals surface area contributed by atoms with Crippen molar-refractivity contribution in [2.24, 2.45) is 5.73 Å². The smallest absolute Gasteiger partial charge is 0.238 e. The number of nitrogens with zero attached hydrogens (tertiary/aromatic N) is 1. The van der Waals surface area contributed by atoms with Gasteiger partial charge in [-0.25, -0.2) is 4.39 Å². The van der Waals surface area contributed by atoms with E-state index in [1.807, 2.05) is 0 Å². The van der Waals surface area contributed by atoms with E-state index < -0.39 is 0 Å². The Hall–Kier alpha value is -1.21. The van der Waals surface area contributed by atoms with Crippen molar-refractivity contribution >= 4 is 24.0 Å². The van der Waals surface area contributed by atoms with Crippen LogP contribution in [-0.2, 0) is 9.53 Å². The predicted molar refractivity (Wildman–Crippen MR) is 91.5 cm³/mol. The molecule has 1 aliphatic rings. The molecule has 1 aliphatic heterocycles. The van der Waals surface area contributed by atoms with Crippen molar-refractivity contribution in [1.82, 2.24) is 4.90 Å². The maximum atomic E-state index is 13.5. The summed E-state index contributed by atoms with van der Waals surface area (Å²) in [6.45, 7) is 3.21. The van der Waals surface area contributed by atoms with Crippen LogP contribution in [0.2, 0.25) is 0 Å². The Balaban J connectivity index is 0.00000264. The van der Waals surface area contributed by atoms with Gasteiger partial charge in [0.15, 0.2) is 0 Å². The Kier molecular flexibility index (Phi) is 7.91. The van der Waals surface area contributed by atoms with Crippen molar-refractivity contribution in [2.75, 3.05) is 32.1 Å². The van der Waals surface area contributed by atoms with Gasteiger partial charge in [-0.15, -0.1) is 12.4 Å². The fourth-order valence-corrected chi connectivity index (χ4v) is 2.79. The number of nitrogens with one attached hydrogen (secondary N) is 1. The number of carbonyl (C=O) groups is 1. The summed E-state index contributed by atoms with van der Waals surface area (Å²) in [4.78, 5) is 14.2. The van der Waals surface area contributed by atoms with Gasteiger partial charge in [-0.3, -0.25) is 9.69 Å². The molecule has 0 spiro atoms. The molecule has 1 amide bonds. The van der Waals surface area contributed by atoms with Crippen LogP contribution in [0.1, 0.15) is 18.4 Å². The molecule has 1 fully saturated rings. The Labute approximate surface area is 142 Å². The molecular formula is C16H25ClFN3O2. The minimum atomic E-state index is -0.321. The number of rotatable bonds is 5. The number of hydrogen-bond acceptors (Lipinski definition) is 4. The number of likely N-dealkylation sites (tertiary alicyclic amines) is 1. The molecule has 130 valence electrons. The maximum absolute atomic E-state index is 13.5. The summed E-state index contributed by atoms with van der Waals surface area (Å²) in [5.74, 6) is -0.476. The maximum Gasteiger partial charge on any atom is 0.238 e. The number of halogens is 2. The number of carbonyl (C=O) groups excluding carboxylic acids is 1. The molecule has 0 aliphatic carbocycles. The van der Waals surface area contributed by atoms with E-state index in [0.717, 1.165) is 19.4 Å². The van der Waals surface area contributed by atoms with Crippen molar-refractivity contribution in [3.8, 4) is 0 Å². The molecule has 2 atom stereocenters. The van der Waals surface area contributed by atoms with E-state index in [0.29, 0.717) is 17.8 Å². The van der Waals surface area contributed by atoms with Crippen LogP contribution < -0.4 is 11.1 Å². The molecule has 1 aromatic rings. The summed E-state index contributed by atoms with van der Waals surface area (Å²) >= 11 is 0. The first kappa shape index (κ1) is 19.8. The number of anilines is 1. The van der Waals surface area contributed by atoms with Gasteiger partial charge in [0, 0.05) is 31.9 Å². The molecule has 1 aromatic carbocycles. The van der Waals surface area contributed by atoms with E-state index in [1.54, 1.807) is 26.2 Å². The topological polar surface area (TPSA) is 67.6 Å². The SMILES string of the molecule is COC1CCN(CC(=O)Nc2ccc(C)c(F)c2)C(CN)C1.Cl. The lowest BCUT2D eigenvalue weighted by atomic mass is 9.99. The zero-order chi connectivity index (χ0) is 16.1. The third-order valence-corrected chi connectivity index (χ3v) is 4.20. The van der Waals surface area contributed by atoms with Crippen LogP contribution in [0.3, 0.4) is 0 Å². The molecule has 7 heteroatoms. The first-order chi connectivity index (χ1) is 10.5. The molecule has 5 nitrogen and oxygen atoms in total. The van der Waals surface area contributed by atoms with Crippen molar-refractivity contribution in [3.05, 3.63) is 29.6 Å². The second-order valence-corrected chi connectivity index (χ2v) is 5.75. The summed E-state index contributed by atoms with van der Waals surface area (Å²) in [5, 5.41) is 2.73. The van der Waals surface area contributed by atoms with Gasteiger partial charge in [-0.2, -0.15) is 0 Å². The number of hydrogen-bond donors (Lipinski definition) is 2. The van der Waals surface area contributed by atoms with Crippen molar-refractivity contribution < 1.29 is 13.9 Å². The van der Waals surface area contributed by atoms with Gasteiger partial charge < -0.3 is 15.8 Å². The van der Waals surface area contributed by atoms with Gasteiger partial charge in [-0.05, 0) is 37.5 Å². The molecule has 0 saturated carbocycles. The summed E-state index contributed by atoms with van der Waals surface area (Å²) in [6.07, 6.45) is 1.93. The van der Waals surface area contributed by atoms with Gasteiger partial charge in [0.2, 0.25) is 5.91 Å². The number of benzene rings is 1. The molecule has 0 bridgehead atoms. The second-order valence-electron chi connectivity index (χ2n) is 5.75. The molecule has 3 N–H and O–H groups in total. The molecule has 1 heterocycles. The summed E-state index contributed by atoms with van der Waals surface area (Å²) in [7, 11) is 1.70. The zero-order valence-corrected chi connectivity index (χ0v) is 14.4. The normalized spacial score (nSPS) is 21.6. The third-order valence-electron chi connectivity index (χ3n) is 4.20. The number of methoxy groups -OCH3 is 1. The highest BCUT2D eigenvalue weighted by Crippen LogP contribution is 2.19. The molecule has 23 heavy (non-hydrogen) atoms. The average molecular weight is 346 g/mol. The molecule has 0 aromatic heterocycles. The standard InChI is InChI=1S/C16H24FN3O2.ClH/c1-11-3-4-12(7-15(11)17)19-16(21)10-20-6-5-14(22-2)8-13(20)9-18;/h3-4,7,13-14H,5-6,8-10,18H2,1-2H3,(H,19,21);1H. The molecule has 2 rings (SSSR count). The third kappa shape index (κ3) is 5.42. The van der Waals surface area contributed by atoms with E-state index in [4.69, 9.17) is 10.5 Å². The van der Waals surface area contributed by atoms with Crippen LogP contribution in [0, 0.1) is 12.7 Å². The Bertz CT molecular complexity index is 530. The van der Waals surface area contributed by atoms with Crippen LogP contribution in [0.25, 0.3) is 0 Å². The van der Waals surface area contributed by atoms with Crippen molar-refractivity contribution in [2.45, 2.75) is 31.9 Å². The van der Waals surface area contributed by atoms with Crippen molar-refractivity contribution in [3.63, 3.8) is 0 Å². The summed E-state index contributed by atoms with van der Waals surface area (Å²) in [6, 6.07) is 4.83. The summed E-state index contributed by atoms with van der Waals surface area (Å²) < 4.78 is 18.9. The van der Waals surface area contributed by atoms with Gasteiger partial charge in [0.1, 0.15) is 5.82 Å². The number of ether oxygens (including phenoxy) is 1. The van der Waals surface area contributed by atoms with Crippen LogP contribution in [0.4, 0.5) is 10.1 Å². The van der Waals surface area contributed by atoms with Gasteiger partial charge in [0.25, 0.3) is 0 Å². The predicted octanol–water partition coefficient (Wildman–Crippen LogP) is 1.93. The first-order valence-corrected chi connectivity index (χ1v) is 7.56. The first-order valence-electron chi connectivity index (χ1n) is 7.56. The van der Waals surface area contributed by atoms with Crippen LogP contribution >= 0.6 is 12.4 Å². The van der Waals surface area contributed by atoms with Crippen LogP contribution in [-0.4, -0.2) is 49.7 Å². The highest BCUT2D eigenvalue weighted by molar-refractivity contribution is 5.92. The average Bonchev–Trinajstić information content (AvgIpc) is 2.51. The van der Waals surface area contributed by atoms with Crippen molar-refractivity contribution in [1.29, 1.82) is 0 Å². The lowest BCUT2D eigenvalue weighted by Crippen LogP contribution is -2.50. The molecule has 2 unspecified atom stereocenters. The minimum Gasteiger partial charge on any atom is -0.381 e. The van der Waals surface area contributed by atoms with Gasteiger partial charge >= 0.3 is 0 Å². The van der Waals surface area contributed by atoms with Gasteiger partial charge in [-0.1, -0.05) is 6.07 Å². The monoisotopic (exact) mass is 345 g/mol. The summed E-state index contributed by atoms with van der Waals surface area (Å²) in [5.41, 5.74) is 6.83. The Morgan fingerprint density at radius 2 is 2.26 bits per heavy atom. The number of aryl methyl sites for hydroxylation is 1. The molecular weight excluding hydrogens is 321 g/mol. The zero-order valence-electron chi connectivity index (χ0n) is 13.5. The van der Waals surface area contributed by atoms with E-state index in [1.165, 1.54) is 6.07 Å². The molecule has 0 radical (unpaired) electrons.